The Hall–Kier alpha value is -6.34. The van der Waals surface area contributed by atoms with Crippen LogP contribution in [0.4, 0.5) is 0 Å². The largest absolute Gasteiger partial charge is 0.508 e. The van der Waals surface area contributed by atoms with Gasteiger partial charge in [-0.25, -0.2) is 9.59 Å². The van der Waals surface area contributed by atoms with Crippen LogP contribution in [0.3, 0.4) is 0 Å². The van der Waals surface area contributed by atoms with E-state index in [-0.39, 0.29) is 47.1 Å². The third kappa shape index (κ3) is 6.98. The molecule has 276 valence electrons. The van der Waals surface area contributed by atoms with Crippen molar-refractivity contribution in [2.45, 2.75) is 51.0 Å². The second kappa shape index (κ2) is 14.7. The van der Waals surface area contributed by atoms with Gasteiger partial charge in [0.25, 0.3) is 0 Å². The van der Waals surface area contributed by atoms with Crippen LogP contribution in [-0.4, -0.2) is 77.1 Å². The van der Waals surface area contributed by atoms with Gasteiger partial charge in [0.1, 0.15) is 5.75 Å². The Morgan fingerprint density at radius 1 is 0.774 bits per heavy atom. The third-order valence-corrected chi connectivity index (χ3v) is 9.81. The van der Waals surface area contributed by atoms with Crippen LogP contribution in [-0.2, 0) is 33.6 Å². The normalized spacial score (nSPS) is 14.7. The molecule has 6 rings (SSSR count). The van der Waals surface area contributed by atoms with E-state index in [0.717, 1.165) is 18.2 Å². The average molecular weight is 726 g/mol. The topological polar surface area (TPSA) is 237 Å². The molecule has 13 nitrogen and oxygen atoms in total. The van der Waals surface area contributed by atoms with Crippen molar-refractivity contribution in [3.8, 4) is 57.1 Å². The molecular formula is C40H39NO12. The summed E-state index contributed by atoms with van der Waals surface area (Å²) in [5, 5.41) is 96.9. The molecule has 4 aromatic rings. The van der Waals surface area contributed by atoms with Crippen LogP contribution in [0.1, 0.15) is 64.6 Å². The molecule has 53 heavy (non-hydrogen) atoms. The summed E-state index contributed by atoms with van der Waals surface area (Å²) in [7, 11) is 0. The SMILES string of the molecule is CCNC[C@@H](c1cc(O)c(O)c(O)c1)[C@@H](OC(=O)/C=C/c1cc(O)c(O)c2c1C=C(c1cc(O)c(O)c3c1-c1cccc(O)c1CCC3)CC2)C(=O)O. The number of esters is 1. The van der Waals surface area contributed by atoms with Gasteiger partial charge < -0.3 is 56.0 Å². The van der Waals surface area contributed by atoms with Crippen LogP contribution in [0.25, 0.3) is 28.9 Å². The summed E-state index contributed by atoms with van der Waals surface area (Å²) in [4.78, 5) is 25.6. The number of fused-ring (bicyclic) bond motifs is 4. The van der Waals surface area contributed by atoms with Crippen LogP contribution >= 0.6 is 0 Å². The Bertz CT molecular complexity index is 2160. The molecule has 2 aliphatic rings. The Kier molecular flexibility index (Phi) is 10.1. The number of phenols is 8. The van der Waals surface area contributed by atoms with Crippen molar-refractivity contribution in [1.29, 1.82) is 0 Å². The monoisotopic (exact) mass is 725 g/mol. The molecule has 0 saturated carbocycles. The number of aromatic hydroxyl groups is 8. The van der Waals surface area contributed by atoms with Crippen molar-refractivity contribution in [1.82, 2.24) is 5.32 Å². The highest BCUT2D eigenvalue weighted by Crippen LogP contribution is 2.50. The summed E-state index contributed by atoms with van der Waals surface area (Å²) in [6.07, 6.45) is 4.43. The number of hydrogen-bond donors (Lipinski definition) is 10. The maximum atomic E-state index is 13.2. The molecule has 0 fully saturated rings. The van der Waals surface area contributed by atoms with Gasteiger partial charge in [0.2, 0.25) is 6.10 Å². The smallest absolute Gasteiger partial charge is 0.345 e. The number of carboxylic acid groups (broad SMARTS) is 1. The summed E-state index contributed by atoms with van der Waals surface area (Å²) in [5.41, 5.74) is 5.10. The lowest BCUT2D eigenvalue weighted by Gasteiger charge is -2.25. The van der Waals surface area contributed by atoms with Crippen LogP contribution in [0.15, 0.2) is 48.5 Å². The average Bonchev–Trinajstić information content (AvgIpc) is 3.33. The van der Waals surface area contributed by atoms with Gasteiger partial charge in [-0.2, -0.15) is 0 Å². The maximum Gasteiger partial charge on any atom is 0.345 e. The first-order valence-electron chi connectivity index (χ1n) is 17.0. The molecular weight excluding hydrogens is 686 g/mol. The van der Waals surface area contributed by atoms with Crippen molar-refractivity contribution in [2.24, 2.45) is 0 Å². The lowest BCUT2D eigenvalue weighted by Crippen LogP contribution is -2.38. The van der Waals surface area contributed by atoms with E-state index in [0.29, 0.717) is 76.7 Å². The highest BCUT2D eigenvalue weighted by atomic mass is 16.6. The predicted octanol–water partition coefficient (Wildman–Crippen LogP) is 5.38. The summed E-state index contributed by atoms with van der Waals surface area (Å²) < 4.78 is 5.40. The number of nitrogens with one attached hydrogen (secondary N) is 1. The summed E-state index contributed by atoms with van der Waals surface area (Å²) >= 11 is 0. The zero-order chi connectivity index (χ0) is 38.1. The molecule has 13 heteroatoms. The van der Waals surface area contributed by atoms with Crippen molar-refractivity contribution in [3.63, 3.8) is 0 Å². The van der Waals surface area contributed by atoms with Crippen molar-refractivity contribution >= 4 is 29.7 Å². The minimum atomic E-state index is -1.80. The van der Waals surface area contributed by atoms with Gasteiger partial charge in [-0.15, -0.1) is 0 Å². The number of likely N-dealkylation sites (N-methyl/N-ethyl adjacent to an activating group) is 1. The molecule has 0 amide bonds. The lowest BCUT2D eigenvalue weighted by atomic mass is 9.81. The Morgan fingerprint density at radius 2 is 1.43 bits per heavy atom. The number of phenolic OH excluding ortho intramolecular Hbond substituents is 8. The van der Waals surface area contributed by atoms with Gasteiger partial charge in [0.15, 0.2) is 40.2 Å². The number of benzene rings is 4. The van der Waals surface area contributed by atoms with Crippen LogP contribution in [0, 0.1) is 0 Å². The van der Waals surface area contributed by atoms with E-state index in [1.54, 1.807) is 25.1 Å². The van der Waals surface area contributed by atoms with Crippen molar-refractivity contribution in [2.75, 3.05) is 13.1 Å². The molecule has 10 N–H and O–H groups in total. The second-order valence-electron chi connectivity index (χ2n) is 13.0. The standard InChI is InChI=1S/C40H39NO12/c1-2-41-18-28(21-15-31(44)38(50)32(45)16-21)39(40(51)52)53-34(47)12-10-20-14-30(43)36(48)24-11-9-19(13-26(20)24)27-17-33(46)37(49)25-7-3-5-22-23(35(25)27)6-4-8-29(22)42/h4,6,8,10,12-17,28,39,41-46,48-50H,2-3,5,7,9,11,18H2,1H3,(H,51,52)/b12-10+/t28-,39+/m0/s1. The van der Waals surface area contributed by atoms with Crippen molar-refractivity contribution in [3.05, 3.63) is 87.5 Å². The minimum Gasteiger partial charge on any atom is -0.508 e. The molecule has 0 radical (unpaired) electrons. The fourth-order valence-corrected chi connectivity index (χ4v) is 7.23. The molecule has 4 aromatic carbocycles. The quantitative estimate of drug-likeness (QED) is 0.0562. The Morgan fingerprint density at radius 3 is 2.13 bits per heavy atom. The summed E-state index contributed by atoms with van der Waals surface area (Å²) in [6, 6.07) is 9.99. The van der Waals surface area contributed by atoms with E-state index in [2.05, 4.69) is 5.32 Å². The lowest BCUT2D eigenvalue weighted by molar-refractivity contribution is -0.162. The van der Waals surface area contributed by atoms with E-state index >= 15 is 0 Å². The first kappa shape index (κ1) is 36.5. The molecule has 0 heterocycles. The number of allylic oxidation sites excluding steroid dienone is 1. The van der Waals surface area contributed by atoms with Crippen LogP contribution < -0.4 is 5.32 Å². The number of aliphatic carboxylic acids is 1. The van der Waals surface area contributed by atoms with Crippen LogP contribution in [0.5, 0.6) is 46.0 Å². The molecule has 2 atom stereocenters. The molecule has 2 aliphatic carbocycles. The van der Waals surface area contributed by atoms with Gasteiger partial charge in [0, 0.05) is 35.2 Å². The zero-order valence-electron chi connectivity index (χ0n) is 28.6. The zero-order valence-corrected chi connectivity index (χ0v) is 28.6. The highest BCUT2D eigenvalue weighted by molar-refractivity contribution is 5.97. The number of carbonyl (C=O) groups is 2. The fraction of sp³-hybridized carbons (Fsp3) is 0.250. The Labute approximate surface area is 303 Å². The number of carboxylic acids is 1. The second-order valence-corrected chi connectivity index (χ2v) is 13.0. The number of carbonyl (C=O) groups excluding carboxylic acids is 1. The van der Waals surface area contributed by atoms with E-state index in [9.17, 15) is 55.5 Å². The maximum absolute atomic E-state index is 13.2. The first-order valence-corrected chi connectivity index (χ1v) is 17.0. The molecule has 0 aliphatic heterocycles. The Balaban J connectivity index is 1.38. The van der Waals surface area contributed by atoms with Gasteiger partial charge in [-0.1, -0.05) is 25.1 Å². The van der Waals surface area contributed by atoms with E-state index < -0.39 is 47.0 Å². The predicted molar refractivity (Wildman–Crippen MR) is 194 cm³/mol. The van der Waals surface area contributed by atoms with E-state index in [4.69, 9.17) is 4.74 Å². The van der Waals surface area contributed by atoms with Gasteiger partial charge in [-0.05, 0) is 114 Å². The van der Waals surface area contributed by atoms with Crippen molar-refractivity contribution < 1.29 is 60.3 Å². The molecule has 0 aromatic heterocycles. The fourth-order valence-electron chi connectivity index (χ4n) is 7.23. The minimum absolute atomic E-state index is 0.0400. The molecule has 0 unspecified atom stereocenters. The molecule has 0 spiro atoms. The van der Waals surface area contributed by atoms with Gasteiger partial charge in [0.05, 0.1) is 0 Å². The highest BCUT2D eigenvalue weighted by Gasteiger charge is 2.34. The van der Waals surface area contributed by atoms with Gasteiger partial charge >= 0.3 is 11.9 Å². The van der Waals surface area contributed by atoms with E-state index in [1.165, 1.54) is 18.2 Å². The number of rotatable bonds is 10. The van der Waals surface area contributed by atoms with Gasteiger partial charge in [-0.3, -0.25) is 0 Å². The molecule has 0 saturated heterocycles. The molecule has 0 bridgehead atoms. The van der Waals surface area contributed by atoms with E-state index in [1.807, 2.05) is 6.07 Å². The third-order valence-electron chi connectivity index (χ3n) is 9.81. The first-order chi connectivity index (χ1) is 25.3. The summed E-state index contributed by atoms with van der Waals surface area (Å²) in [6.45, 7) is 2.14. The van der Waals surface area contributed by atoms with Crippen LogP contribution in [0.2, 0.25) is 0 Å². The number of ether oxygens (including phenoxy) is 1. The number of hydrogen-bond acceptors (Lipinski definition) is 12. The summed E-state index contributed by atoms with van der Waals surface area (Å²) in [5.74, 6) is -7.11.